The molecule has 1 aliphatic rings. The highest BCUT2D eigenvalue weighted by Crippen LogP contribution is 2.32. The molecule has 1 saturated heterocycles. The fraction of sp³-hybridized carbons (Fsp3) is 0.300. The maximum Gasteiger partial charge on any atom is 0.229 e. The van der Waals surface area contributed by atoms with Gasteiger partial charge in [-0.1, -0.05) is 11.6 Å². The summed E-state index contributed by atoms with van der Waals surface area (Å²) in [6, 6.07) is 9.41. The molecule has 0 bridgehead atoms. The lowest BCUT2D eigenvalue weighted by atomic mass is 9.96. The van der Waals surface area contributed by atoms with Gasteiger partial charge in [-0.3, -0.25) is 4.79 Å². The molecule has 0 saturated carbocycles. The molecule has 1 aromatic carbocycles. The van der Waals surface area contributed by atoms with E-state index in [2.05, 4.69) is 26.6 Å². The van der Waals surface area contributed by atoms with Crippen LogP contribution in [-0.4, -0.2) is 31.1 Å². The minimum atomic E-state index is -0.0877. The molecule has 4 rings (SSSR count). The predicted octanol–water partition coefficient (Wildman–Crippen LogP) is 4.81. The number of carbonyl (C=O) groups is 1. The first-order valence-corrected chi connectivity index (χ1v) is 10.1. The number of aromatic nitrogens is 1. The van der Waals surface area contributed by atoms with E-state index in [1.807, 2.05) is 12.3 Å². The number of nitrogens with one attached hydrogen (secondary N) is 1. The Balaban J connectivity index is 1.48. The van der Waals surface area contributed by atoms with E-state index in [0.717, 1.165) is 30.6 Å². The van der Waals surface area contributed by atoms with Gasteiger partial charge in [0.25, 0.3) is 0 Å². The third kappa shape index (κ3) is 3.73. The van der Waals surface area contributed by atoms with Crippen LogP contribution in [0.15, 0.2) is 41.9 Å². The lowest BCUT2D eigenvalue weighted by molar-refractivity contribution is -0.120. The molecule has 1 N–H and O–H groups in total. The van der Waals surface area contributed by atoms with Crippen LogP contribution in [0.5, 0.6) is 5.75 Å². The number of piperidine rings is 1. The lowest BCUT2D eigenvalue weighted by Gasteiger charge is -2.33. The van der Waals surface area contributed by atoms with E-state index in [4.69, 9.17) is 16.3 Å². The average Bonchev–Trinajstić information content (AvgIpc) is 3.17. The van der Waals surface area contributed by atoms with E-state index in [-0.39, 0.29) is 11.8 Å². The van der Waals surface area contributed by atoms with Gasteiger partial charge in [0.15, 0.2) is 0 Å². The first kappa shape index (κ1) is 18.1. The quantitative estimate of drug-likeness (QED) is 0.681. The van der Waals surface area contributed by atoms with Gasteiger partial charge in [-0.2, -0.15) is 0 Å². The number of anilines is 2. The van der Waals surface area contributed by atoms with Crippen molar-refractivity contribution in [1.82, 2.24) is 4.98 Å². The molecule has 1 aliphatic heterocycles. The number of amides is 1. The van der Waals surface area contributed by atoms with E-state index in [0.29, 0.717) is 23.0 Å². The predicted molar refractivity (Wildman–Crippen MR) is 111 cm³/mol. The zero-order valence-electron chi connectivity index (χ0n) is 14.9. The summed E-state index contributed by atoms with van der Waals surface area (Å²) in [6.07, 6.45) is 3.67. The number of rotatable bonds is 4. The third-order valence-corrected chi connectivity index (χ3v) is 6.05. The van der Waals surface area contributed by atoms with Gasteiger partial charge in [0.2, 0.25) is 5.91 Å². The van der Waals surface area contributed by atoms with Crippen molar-refractivity contribution in [3.8, 4) is 5.75 Å². The van der Waals surface area contributed by atoms with E-state index >= 15 is 0 Å². The number of hydrogen-bond donors (Lipinski definition) is 1. The summed E-state index contributed by atoms with van der Waals surface area (Å²) in [6.45, 7) is 1.58. The van der Waals surface area contributed by atoms with Crippen LogP contribution in [0.2, 0.25) is 5.02 Å². The largest absolute Gasteiger partial charge is 0.495 e. The summed E-state index contributed by atoms with van der Waals surface area (Å²) in [5.41, 5.74) is 0.681. The zero-order chi connectivity index (χ0) is 18.8. The van der Waals surface area contributed by atoms with Gasteiger partial charge in [-0.25, -0.2) is 4.98 Å². The van der Waals surface area contributed by atoms with Crippen LogP contribution in [0.3, 0.4) is 0 Å². The topological polar surface area (TPSA) is 54.5 Å². The molecule has 3 heterocycles. The molecule has 140 valence electrons. The smallest absolute Gasteiger partial charge is 0.229 e. The average molecular weight is 402 g/mol. The second kappa shape index (κ2) is 7.74. The van der Waals surface area contributed by atoms with Crippen molar-refractivity contribution < 1.29 is 9.53 Å². The van der Waals surface area contributed by atoms with Gasteiger partial charge in [0.1, 0.15) is 11.6 Å². The van der Waals surface area contributed by atoms with Crippen molar-refractivity contribution in [2.75, 3.05) is 30.4 Å². The van der Waals surface area contributed by atoms with E-state index in [1.54, 1.807) is 36.6 Å². The van der Waals surface area contributed by atoms with Crippen LogP contribution in [-0.2, 0) is 4.79 Å². The summed E-state index contributed by atoms with van der Waals surface area (Å²) in [7, 11) is 1.57. The second-order valence-corrected chi connectivity index (χ2v) is 7.95. The zero-order valence-corrected chi connectivity index (χ0v) is 16.5. The maximum absolute atomic E-state index is 12.8. The number of benzene rings is 1. The Labute approximate surface area is 166 Å². The molecule has 0 aliphatic carbocycles. The Bertz CT molecular complexity index is 975. The molecule has 2 aromatic heterocycles. The number of carbonyl (C=O) groups excluding carboxylic acids is 1. The standard InChI is InChI=1S/C20H20ClN3O2S/c1-26-17-5-4-14(11-16(17)21)23-20(25)13-3-2-9-24(12-13)19-15-7-10-27-18(15)6-8-22-19/h4-8,10-11,13H,2-3,9,12H2,1H3,(H,23,25)/t13-/m1/s1. The fourth-order valence-corrected chi connectivity index (χ4v) is 4.54. The minimum Gasteiger partial charge on any atom is -0.495 e. The number of nitrogens with zero attached hydrogens (tertiary/aromatic N) is 2. The van der Waals surface area contributed by atoms with E-state index in [1.165, 1.54) is 4.70 Å². The van der Waals surface area contributed by atoms with E-state index < -0.39 is 0 Å². The van der Waals surface area contributed by atoms with E-state index in [9.17, 15) is 4.79 Å². The minimum absolute atomic E-state index is 0.0124. The monoisotopic (exact) mass is 401 g/mol. The molecule has 1 amide bonds. The van der Waals surface area contributed by atoms with Crippen LogP contribution >= 0.6 is 22.9 Å². The summed E-state index contributed by atoms with van der Waals surface area (Å²) >= 11 is 7.86. The van der Waals surface area contributed by atoms with Crippen LogP contribution in [0.1, 0.15) is 12.8 Å². The molecule has 7 heteroatoms. The Kier molecular flexibility index (Phi) is 5.18. The molecular weight excluding hydrogens is 382 g/mol. The second-order valence-electron chi connectivity index (χ2n) is 6.59. The molecule has 5 nitrogen and oxygen atoms in total. The Morgan fingerprint density at radius 2 is 2.26 bits per heavy atom. The third-order valence-electron chi connectivity index (χ3n) is 4.87. The number of thiophene rings is 1. The Hall–Kier alpha value is -2.31. The van der Waals surface area contributed by atoms with Crippen LogP contribution < -0.4 is 15.0 Å². The van der Waals surface area contributed by atoms with Crippen LogP contribution in [0.25, 0.3) is 10.1 Å². The summed E-state index contributed by atoms with van der Waals surface area (Å²) < 4.78 is 6.38. The molecular formula is C20H20ClN3O2S. The Morgan fingerprint density at radius 3 is 3.07 bits per heavy atom. The highest BCUT2D eigenvalue weighted by atomic mass is 35.5. The molecule has 3 aromatic rings. The number of halogens is 1. The van der Waals surface area contributed by atoms with Crippen molar-refractivity contribution in [1.29, 1.82) is 0 Å². The number of ether oxygens (including phenoxy) is 1. The van der Waals surface area contributed by atoms with Gasteiger partial charge in [-0.15, -0.1) is 11.3 Å². The first-order chi connectivity index (χ1) is 13.2. The highest BCUT2D eigenvalue weighted by molar-refractivity contribution is 7.17. The van der Waals surface area contributed by atoms with Gasteiger partial charge in [0, 0.05) is 35.1 Å². The number of methoxy groups -OCH3 is 1. The van der Waals surface area contributed by atoms with Gasteiger partial charge >= 0.3 is 0 Å². The number of fused-ring (bicyclic) bond motifs is 1. The van der Waals surface area contributed by atoms with Crippen LogP contribution in [0.4, 0.5) is 11.5 Å². The van der Waals surface area contributed by atoms with Crippen molar-refractivity contribution in [3.05, 3.63) is 46.9 Å². The Morgan fingerprint density at radius 1 is 1.37 bits per heavy atom. The van der Waals surface area contributed by atoms with Gasteiger partial charge in [-0.05, 0) is 48.6 Å². The molecule has 0 unspecified atom stereocenters. The van der Waals surface area contributed by atoms with Crippen LogP contribution in [0, 0.1) is 5.92 Å². The lowest BCUT2D eigenvalue weighted by Crippen LogP contribution is -2.41. The summed E-state index contributed by atoms with van der Waals surface area (Å²) in [5, 5.41) is 6.70. The number of hydrogen-bond acceptors (Lipinski definition) is 5. The van der Waals surface area contributed by atoms with Crippen molar-refractivity contribution >= 4 is 50.4 Å². The fourth-order valence-electron chi connectivity index (χ4n) is 3.50. The highest BCUT2D eigenvalue weighted by Gasteiger charge is 2.27. The SMILES string of the molecule is COc1ccc(NC(=O)[C@@H]2CCCN(c3nccc4sccc34)C2)cc1Cl. The van der Waals surface area contributed by atoms with Crippen molar-refractivity contribution in [3.63, 3.8) is 0 Å². The molecule has 1 atom stereocenters. The molecule has 1 fully saturated rings. The van der Waals surface area contributed by atoms with Gasteiger partial charge in [0.05, 0.1) is 18.1 Å². The first-order valence-electron chi connectivity index (χ1n) is 8.87. The van der Waals surface area contributed by atoms with Crippen molar-refractivity contribution in [2.45, 2.75) is 12.8 Å². The summed E-state index contributed by atoms with van der Waals surface area (Å²) in [5.74, 6) is 1.49. The number of pyridine rings is 1. The molecule has 0 radical (unpaired) electrons. The normalized spacial score (nSPS) is 17.1. The van der Waals surface area contributed by atoms with Gasteiger partial charge < -0.3 is 15.0 Å². The molecule has 0 spiro atoms. The molecule has 27 heavy (non-hydrogen) atoms. The summed E-state index contributed by atoms with van der Waals surface area (Å²) in [4.78, 5) is 19.6. The van der Waals surface area contributed by atoms with Crippen molar-refractivity contribution in [2.24, 2.45) is 5.92 Å². The maximum atomic E-state index is 12.8.